The first kappa shape index (κ1) is 15.7. The number of aromatic nitrogens is 2. The normalized spacial score (nSPS) is 19.0. The molecule has 0 amide bonds. The lowest BCUT2D eigenvalue weighted by Gasteiger charge is -2.30. The van der Waals surface area contributed by atoms with E-state index >= 15 is 0 Å². The van der Waals surface area contributed by atoms with Gasteiger partial charge >= 0.3 is 0 Å². The van der Waals surface area contributed by atoms with Crippen molar-refractivity contribution < 1.29 is 5.11 Å². The standard InChI is InChI=1S/C15H27N3OS/c1-15(2,3)13-17-14(20-18-13)16-12(9-10-19)11-7-5-4-6-8-11/h11-12,19H,4-10H2,1-3H3,(H,16,17,18). The average molecular weight is 297 g/mol. The van der Waals surface area contributed by atoms with Crippen LogP contribution in [-0.2, 0) is 5.41 Å². The zero-order valence-electron chi connectivity index (χ0n) is 12.9. The molecule has 1 aliphatic carbocycles. The third-order valence-corrected chi connectivity index (χ3v) is 4.71. The van der Waals surface area contributed by atoms with Crippen LogP contribution in [0.1, 0.15) is 65.1 Å². The van der Waals surface area contributed by atoms with Gasteiger partial charge in [0.05, 0.1) is 0 Å². The molecule has 1 saturated carbocycles. The Bertz CT molecular complexity index is 407. The van der Waals surface area contributed by atoms with Gasteiger partial charge < -0.3 is 10.4 Å². The molecule has 1 unspecified atom stereocenters. The Morgan fingerprint density at radius 3 is 2.55 bits per heavy atom. The fraction of sp³-hybridized carbons (Fsp3) is 0.867. The molecule has 0 aliphatic heterocycles. The van der Waals surface area contributed by atoms with Gasteiger partial charge in [-0.25, -0.2) is 4.98 Å². The van der Waals surface area contributed by atoms with Gasteiger partial charge in [-0.3, -0.25) is 0 Å². The summed E-state index contributed by atoms with van der Waals surface area (Å²) in [6, 6.07) is 0.334. The van der Waals surface area contributed by atoms with Gasteiger partial charge in [-0.2, -0.15) is 4.37 Å². The van der Waals surface area contributed by atoms with Gasteiger partial charge in [0, 0.05) is 29.6 Å². The summed E-state index contributed by atoms with van der Waals surface area (Å²) >= 11 is 1.44. The summed E-state index contributed by atoms with van der Waals surface area (Å²) in [5.74, 6) is 1.56. The average Bonchev–Trinajstić information content (AvgIpc) is 2.88. The zero-order chi connectivity index (χ0) is 14.6. The van der Waals surface area contributed by atoms with Crippen LogP contribution >= 0.6 is 11.5 Å². The molecule has 2 N–H and O–H groups in total. The fourth-order valence-corrected chi connectivity index (χ4v) is 3.67. The monoisotopic (exact) mass is 297 g/mol. The molecule has 4 nitrogen and oxygen atoms in total. The summed E-state index contributed by atoms with van der Waals surface area (Å²) in [6.07, 6.45) is 7.32. The van der Waals surface area contributed by atoms with Crippen molar-refractivity contribution in [3.05, 3.63) is 5.82 Å². The summed E-state index contributed by atoms with van der Waals surface area (Å²) in [4.78, 5) is 4.61. The maximum absolute atomic E-state index is 9.31. The van der Waals surface area contributed by atoms with Crippen molar-refractivity contribution in [2.24, 2.45) is 5.92 Å². The largest absolute Gasteiger partial charge is 0.396 e. The molecule has 0 bridgehead atoms. The number of aliphatic hydroxyl groups excluding tert-OH is 1. The molecule has 0 aromatic carbocycles. The van der Waals surface area contributed by atoms with Crippen LogP contribution in [0, 0.1) is 5.92 Å². The van der Waals surface area contributed by atoms with Gasteiger partial charge in [0.2, 0.25) is 5.13 Å². The van der Waals surface area contributed by atoms with Crippen molar-refractivity contribution in [1.29, 1.82) is 0 Å². The number of rotatable bonds is 5. The van der Waals surface area contributed by atoms with Crippen molar-refractivity contribution in [3.8, 4) is 0 Å². The number of hydrogen-bond acceptors (Lipinski definition) is 5. The second-order valence-corrected chi connectivity index (χ2v) is 7.59. The Hall–Kier alpha value is -0.680. The molecule has 0 saturated heterocycles. The Labute approximate surface area is 126 Å². The lowest BCUT2D eigenvalue weighted by atomic mass is 9.83. The van der Waals surface area contributed by atoms with Crippen LogP contribution in [0.3, 0.4) is 0 Å². The first-order valence-corrected chi connectivity index (χ1v) is 8.49. The van der Waals surface area contributed by atoms with Crippen LogP contribution < -0.4 is 5.32 Å². The minimum Gasteiger partial charge on any atom is -0.396 e. The smallest absolute Gasteiger partial charge is 0.202 e. The molecule has 2 rings (SSSR count). The van der Waals surface area contributed by atoms with Gasteiger partial charge in [-0.1, -0.05) is 40.0 Å². The summed E-state index contributed by atoms with van der Waals surface area (Å²) in [6.45, 7) is 6.63. The molecular formula is C15H27N3OS. The van der Waals surface area contributed by atoms with E-state index in [-0.39, 0.29) is 12.0 Å². The van der Waals surface area contributed by atoms with Gasteiger partial charge in [-0.15, -0.1) is 0 Å². The third kappa shape index (κ3) is 4.16. The summed E-state index contributed by atoms with van der Waals surface area (Å²) < 4.78 is 4.45. The first-order valence-electron chi connectivity index (χ1n) is 7.72. The lowest BCUT2D eigenvalue weighted by molar-refractivity contribution is 0.239. The molecule has 114 valence electrons. The molecule has 20 heavy (non-hydrogen) atoms. The number of aliphatic hydroxyl groups is 1. The number of hydrogen-bond donors (Lipinski definition) is 2. The predicted octanol–water partition coefficient (Wildman–Crippen LogP) is 3.58. The highest BCUT2D eigenvalue weighted by Gasteiger charge is 2.25. The van der Waals surface area contributed by atoms with E-state index in [1.54, 1.807) is 0 Å². The molecule has 0 spiro atoms. The van der Waals surface area contributed by atoms with E-state index in [1.165, 1.54) is 43.6 Å². The van der Waals surface area contributed by atoms with E-state index in [2.05, 4.69) is 35.4 Å². The van der Waals surface area contributed by atoms with E-state index in [9.17, 15) is 5.11 Å². The highest BCUT2D eigenvalue weighted by molar-refractivity contribution is 7.09. The maximum Gasteiger partial charge on any atom is 0.202 e. The van der Waals surface area contributed by atoms with E-state index < -0.39 is 0 Å². The molecule has 1 fully saturated rings. The highest BCUT2D eigenvalue weighted by atomic mass is 32.1. The summed E-state index contributed by atoms with van der Waals surface area (Å²) in [7, 11) is 0. The van der Waals surface area contributed by atoms with Crippen LogP contribution in [0.5, 0.6) is 0 Å². The molecule has 1 aromatic rings. The Morgan fingerprint density at radius 2 is 2.00 bits per heavy atom. The number of nitrogens with zero attached hydrogens (tertiary/aromatic N) is 2. The van der Waals surface area contributed by atoms with Crippen molar-refractivity contribution in [2.75, 3.05) is 11.9 Å². The van der Waals surface area contributed by atoms with E-state index in [4.69, 9.17) is 0 Å². The first-order chi connectivity index (χ1) is 9.50. The molecule has 5 heteroatoms. The molecule has 1 heterocycles. The van der Waals surface area contributed by atoms with Crippen molar-refractivity contribution in [3.63, 3.8) is 0 Å². The Balaban J connectivity index is 2.01. The van der Waals surface area contributed by atoms with Gasteiger partial charge in [0.1, 0.15) is 5.82 Å². The van der Waals surface area contributed by atoms with Crippen molar-refractivity contribution >= 4 is 16.7 Å². The predicted molar refractivity (Wildman–Crippen MR) is 84.3 cm³/mol. The molecule has 0 radical (unpaired) electrons. The SMILES string of the molecule is CC(C)(C)c1nsc(NC(CCO)C2CCCCC2)n1. The topological polar surface area (TPSA) is 58.0 Å². The van der Waals surface area contributed by atoms with Crippen LogP contribution in [0.25, 0.3) is 0 Å². The van der Waals surface area contributed by atoms with Crippen LogP contribution in [-0.4, -0.2) is 27.1 Å². The zero-order valence-corrected chi connectivity index (χ0v) is 13.7. The minimum atomic E-state index is -0.00621. The highest BCUT2D eigenvalue weighted by Crippen LogP contribution is 2.30. The van der Waals surface area contributed by atoms with Crippen molar-refractivity contribution in [2.45, 2.75) is 70.8 Å². The third-order valence-electron chi connectivity index (χ3n) is 4.06. The van der Waals surface area contributed by atoms with E-state index in [0.29, 0.717) is 12.0 Å². The van der Waals surface area contributed by atoms with Crippen LogP contribution in [0.15, 0.2) is 0 Å². The fourth-order valence-electron chi connectivity index (χ4n) is 2.85. The summed E-state index contributed by atoms with van der Waals surface area (Å²) in [5, 5.41) is 13.7. The molecular weight excluding hydrogens is 270 g/mol. The quantitative estimate of drug-likeness (QED) is 0.872. The Morgan fingerprint density at radius 1 is 1.30 bits per heavy atom. The second-order valence-electron chi connectivity index (χ2n) is 6.83. The lowest BCUT2D eigenvalue weighted by Crippen LogP contribution is -2.31. The van der Waals surface area contributed by atoms with Crippen molar-refractivity contribution in [1.82, 2.24) is 9.36 Å². The molecule has 1 aliphatic rings. The van der Waals surface area contributed by atoms with Gasteiger partial charge in [-0.05, 0) is 25.2 Å². The van der Waals surface area contributed by atoms with E-state index in [1.807, 2.05) is 0 Å². The summed E-state index contributed by atoms with van der Waals surface area (Å²) in [5.41, 5.74) is -0.00621. The number of nitrogens with one attached hydrogen (secondary N) is 1. The Kier molecular flexibility index (Phi) is 5.38. The van der Waals surface area contributed by atoms with E-state index in [0.717, 1.165) is 17.4 Å². The van der Waals surface area contributed by atoms with Crippen LogP contribution in [0.2, 0.25) is 0 Å². The molecule has 1 atom stereocenters. The second kappa shape index (κ2) is 6.85. The maximum atomic E-state index is 9.31. The van der Waals surface area contributed by atoms with Crippen LogP contribution in [0.4, 0.5) is 5.13 Å². The minimum absolute atomic E-state index is 0.00621. The number of anilines is 1. The van der Waals surface area contributed by atoms with Gasteiger partial charge in [0.25, 0.3) is 0 Å². The molecule has 1 aromatic heterocycles. The van der Waals surface area contributed by atoms with Gasteiger partial charge in [0.15, 0.2) is 0 Å².